The molecule has 0 spiro atoms. The maximum Gasteiger partial charge on any atom is 0.335 e. The van der Waals surface area contributed by atoms with Gasteiger partial charge in [-0.1, -0.05) is 12.1 Å². The van der Waals surface area contributed by atoms with Gasteiger partial charge in [0.25, 0.3) is 0 Å². The van der Waals surface area contributed by atoms with Crippen molar-refractivity contribution in [3.8, 4) is 0 Å². The quantitative estimate of drug-likeness (QED) is 0.789. The molecule has 2 rings (SSSR count). The highest BCUT2D eigenvalue weighted by Crippen LogP contribution is 2.22. The van der Waals surface area contributed by atoms with Crippen LogP contribution in [0.4, 0.5) is 5.82 Å². The van der Waals surface area contributed by atoms with Gasteiger partial charge in [-0.2, -0.15) is 0 Å². The number of aromatic carboxylic acids is 1. The number of aromatic nitrogens is 1. The van der Waals surface area contributed by atoms with Crippen LogP contribution in [0.2, 0.25) is 0 Å². The van der Waals surface area contributed by atoms with Crippen molar-refractivity contribution < 1.29 is 9.90 Å². The van der Waals surface area contributed by atoms with Gasteiger partial charge < -0.3 is 10.4 Å². The first-order chi connectivity index (χ1) is 8.22. The highest BCUT2D eigenvalue weighted by Gasteiger charge is 2.06. The van der Waals surface area contributed by atoms with Crippen LogP contribution in [0, 0.1) is 0 Å². The second-order valence-electron chi connectivity index (χ2n) is 3.57. The molecule has 4 heteroatoms. The van der Waals surface area contributed by atoms with Gasteiger partial charge in [-0.3, -0.25) is 0 Å². The Kier molecular flexibility index (Phi) is 3.05. The van der Waals surface area contributed by atoms with E-state index in [9.17, 15) is 4.79 Å². The first-order valence-corrected chi connectivity index (χ1v) is 5.19. The van der Waals surface area contributed by atoms with E-state index in [-0.39, 0.29) is 5.56 Å². The van der Waals surface area contributed by atoms with Crippen LogP contribution in [0.1, 0.15) is 10.4 Å². The normalized spacial score (nSPS) is 10.1. The molecule has 17 heavy (non-hydrogen) atoms. The number of carboxylic acid groups (broad SMARTS) is 1. The number of carboxylic acids is 1. The Morgan fingerprint density at radius 2 is 2.29 bits per heavy atom. The van der Waals surface area contributed by atoms with Gasteiger partial charge in [-0.05, 0) is 23.6 Å². The molecule has 0 bridgehead atoms. The zero-order valence-electron chi connectivity index (χ0n) is 9.18. The third-order valence-corrected chi connectivity index (χ3v) is 2.43. The molecular formula is C13H12N2O2. The highest BCUT2D eigenvalue weighted by molar-refractivity contribution is 5.98. The molecule has 4 nitrogen and oxygen atoms in total. The minimum absolute atomic E-state index is 0.257. The maximum atomic E-state index is 10.9. The third-order valence-electron chi connectivity index (χ3n) is 2.43. The van der Waals surface area contributed by atoms with Gasteiger partial charge in [0.1, 0.15) is 5.82 Å². The van der Waals surface area contributed by atoms with Crippen molar-refractivity contribution in [1.29, 1.82) is 0 Å². The van der Waals surface area contributed by atoms with Gasteiger partial charge in [-0.15, -0.1) is 6.58 Å². The summed E-state index contributed by atoms with van der Waals surface area (Å²) in [5, 5.41) is 13.8. The molecule has 0 aliphatic heterocycles. The number of hydrogen-bond donors (Lipinski definition) is 2. The number of nitrogens with zero attached hydrogens (tertiary/aromatic N) is 1. The minimum atomic E-state index is -0.939. The van der Waals surface area contributed by atoms with Crippen molar-refractivity contribution in [1.82, 2.24) is 4.98 Å². The summed E-state index contributed by atoms with van der Waals surface area (Å²) in [6, 6.07) is 6.83. The first-order valence-electron chi connectivity index (χ1n) is 5.19. The summed E-state index contributed by atoms with van der Waals surface area (Å²) in [7, 11) is 0. The Bertz CT molecular complexity index is 579. The fourth-order valence-electron chi connectivity index (χ4n) is 1.61. The molecule has 0 aliphatic rings. The van der Waals surface area contributed by atoms with Crippen LogP contribution < -0.4 is 5.32 Å². The van der Waals surface area contributed by atoms with Crippen molar-refractivity contribution in [2.24, 2.45) is 0 Å². The molecule has 1 heterocycles. The second-order valence-corrected chi connectivity index (χ2v) is 3.57. The zero-order valence-corrected chi connectivity index (χ0v) is 9.18. The van der Waals surface area contributed by atoms with E-state index >= 15 is 0 Å². The summed E-state index contributed by atoms with van der Waals surface area (Å²) in [5.41, 5.74) is 0.257. The fraction of sp³-hybridized carbons (Fsp3) is 0.0769. The molecule has 0 radical (unpaired) electrons. The van der Waals surface area contributed by atoms with Crippen molar-refractivity contribution in [2.45, 2.75) is 0 Å². The Labute approximate surface area is 98.6 Å². The van der Waals surface area contributed by atoms with Crippen LogP contribution in [0.15, 0.2) is 43.1 Å². The van der Waals surface area contributed by atoms with Gasteiger partial charge in [0.2, 0.25) is 0 Å². The third kappa shape index (κ3) is 2.25. The van der Waals surface area contributed by atoms with E-state index in [1.165, 1.54) is 0 Å². The smallest absolute Gasteiger partial charge is 0.335 e. The highest BCUT2D eigenvalue weighted by atomic mass is 16.4. The molecule has 0 fully saturated rings. The van der Waals surface area contributed by atoms with E-state index in [1.807, 2.05) is 6.07 Å². The van der Waals surface area contributed by atoms with E-state index < -0.39 is 5.97 Å². The lowest BCUT2D eigenvalue weighted by Gasteiger charge is -2.07. The molecule has 0 atom stereocenters. The molecular weight excluding hydrogens is 216 g/mol. The fourth-order valence-corrected chi connectivity index (χ4v) is 1.61. The number of hydrogen-bond acceptors (Lipinski definition) is 3. The Morgan fingerprint density at radius 3 is 3.00 bits per heavy atom. The zero-order chi connectivity index (χ0) is 12.3. The monoisotopic (exact) mass is 228 g/mol. The average molecular weight is 228 g/mol. The Balaban J connectivity index is 2.55. The molecule has 86 valence electrons. The number of carbonyl (C=O) groups is 1. The largest absolute Gasteiger partial charge is 0.478 e. The average Bonchev–Trinajstić information content (AvgIpc) is 2.35. The number of fused-ring (bicyclic) bond motifs is 1. The SMILES string of the molecule is C=CCNc1nccc2ccc(C(=O)O)cc12. The van der Waals surface area contributed by atoms with E-state index in [2.05, 4.69) is 16.9 Å². The molecule has 0 saturated carbocycles. The van der Waals surface area contributed by atoms with Crippen molar-refractivity contribution in [3.63, 3.8) is 0 Å². The minimum Gasteiger partial charge on any atom is -0.478 e. The molecule has 2 aromatic rings. The lowest BCUT2D eigenvalue weighted by atomic mass is 10.1. The lowest BCUT2D eigenvalue weighted by Crippen LogP contribution is -2.02. The summed E-state index contributed by atoms with van der Waals surface area (Å²) in [4.78, 5) is 15.1. The van der Waals surface area contributed by atoms with Gasteiger partial charge in [0.15, 0.2) is 0 Å². The van der Waals surface area contributed by atoms with Crippen molar-refractivity contribution in [3.05, 3.63) is 48.7 Å². The van der Waals surface area contributed by atoms with E-state index in [0.29, 0.717) is 12.4 Å². The van der Waals surface area contributed by atoms with Crippen LogP contribution in [-0.4, -0.2) is 22.6 Å². The molecule has 0 unspecified atom stereocenters. The van der Waals surface area contributed by atoms with E-state index in [4.69, 9.17) is 5.11 Å². The Morgan fingerprint density at radius 1 is 1.47 bits per heavy atom. The Hall–Kier alpha value is -2.36. The summed E-state index contributed by atoms with van der Waals surface area (Å²) in [6.07, 6.45) is 3.41. The molecule has 2 N–H and O–H groups in total. The standard InChI is InChI=1S/C13H12N2O2/c1-2-6-14-12-11-8-10(13(16)17)4-3-9(11)5-7-15-12/h2-5,7-8H,1,6H2,(H,14,15)(H,16,17). The van der Waals surface area contributed by atoms with E-state index in [0.717, 1.165) is 10.8 Å². The van der Waals surface area contributed by atoms with Gasteiger partial charge in [0.05, 0.1) is 5.56 Å². The van der Waals surface area contributed by atoms with Gasteiger partial charge in [-0.25, -0.2) is 9.78 Å². The predicted molar refractivity (Wildman–Crippen MR) is 67.4 cm³/mol. The van der Waals surface area contributed by atoms with Crippen LogP contribution in [0.5, 0.6) is 0 Å². The van der Waals surface area contributed by atoms with Gasteiger partial charge >= 0.3 is 5.97 Å². The predicted octanol–water partition coefficient (Wildman–Crippen LogP) is 2.53. The second kappa shape index (κ2) is 4.65. The van der Waals surface area contributed by atoms with Crippen molar-refractivity contribution in [2.75, 3.05) is 11.9 Å². The van der Waals surface area contributed by atoms with Crippen LogP contribution in [-0.2, 0) is 0 Å². The summed E-state index contributed by atoms with van der Waals surface area (Å²) in [5.74, 6) is -0.268. The maximum absolute atomic E-state index is 10.9. The molecule has 0 aliphatic carbocycles. The molecule has 1 aromatic carbocycles. The van der Waals surface area contributed by atoms with Crippen LogP contribution in [0.3, 0.4) is 0 Å². The number of anilines is 1. The van der Waals surface area contributed by atoms with E-state index in [1.54, 1.807) is 30.5 Å². The summed E-state index contributed by atoms with van der Waals surface area (Å²) < 4.78 is 0. The number of rotatable bonds is 4. The van der Waals surface area contributed by atoms with Crippen molar-refractivity contribution >= 4 is 22.6 Å². The molecule has 0 saturated heterocycles. The number of benzene rings is 1. The number of nitrogens with one attached hydrogen (secondary N) is 1. The van der Waals surface area contributed by atoms with Crippen LogP contribution >= 0.6 is 0 Å². The first kappa shape index (κ1) is 11.1. The number of pyridine rings is 1. The van der Waals surface area contributed by atoms with Crippen LogP contribution in [0.25, 0.3) is 10.8 Å². The van der Waals surface area contributed by atoms with Gasteiger partial charge in [0, 0.05) is 18.1 Å². The summed E-state index contributed by atoms with van der Waals surface area (Å²) >= 11 is 0. The molecule has 0 amide bonds. The summed E-state index contributed by atoms with van der Waals surface area (Å²) in [6.45, 7) is 4.20. The molecule has 1 aromatic heterocycles. The lowest BCUT2D eigenvalue weighted by molar-refractivity contribution is 0.0697. The topological polar surface area (TPSA) is 62.2 Å².